The molecule has 0 aliphatic rings. The number of hydrogen-bond donors (Lipinski definition) is 1. The van der Waals surface area contributed by atoms with Gasteiger partial charge in [0.25, 0.3) is 5.91 Å². The molecule has 0 aliphatic carbocycles. The van der Waals surface area contributed by atoms with Crippen LogP contribution in [-0.4, -0.2) is 49.3 Å². The molecule has 0 bridgehead atoms. The maximum atomic E-state index is 13.3. The van der Waals surface area contributed by atoms with Gasteiger partial charge < -0.3 is 20.1 Å². The number of hydrogen-bond acceptors (Lipinski definition) is 6. The van der Waals surface area contributed by atoms with Gasteiger partial charge in [-0.15, -0.1) is 0 Å². The molecule has 0 saturated heterocycles. The second-order valence-corrected chi connectivity index (χ2v) is 8.41. The van der Waals surface area contributed by atoms with Gasteiger partial charge in [0.15, 0.2) is 16.6 Å². The molecule has 176 valence electrons. The van der Waals surface area contributed by atoms with Crippen LogP contribution in [0.2, 0.25) is 0 Å². The van der Waals surface area contributed by atoms with E-state index in [0.29, 0.717) is 27.5 Å². The van der Waals surface area contributed by atoms with Crippen LogP contribution in [0.1, 0.15) is 21.6 Å². The standard InChI is InChI=1S/C23H24F3N3O3S/c1-14-5-4-6-16(11-14)20-19(28-22(27)33-20)21(30)29(13-23(24,25)26)10-9-15-7-8-17(31-2)18(12-15)32-3/h4-8,11-12H,9-10,13H2,1-3H3,(H2,27,28). The number of anilines is 1. The van der Waals surface area contributed by atoms with Gasteiger partial charge >= 0.3 is 6.18 Å². The molecule has 0 unspecified atom stereocenters. The molecule has 0 spiro atoms. The second kappa shape index (κ2) is 10.1. The Hall–Kier alpha value is -3.27. The maximum absolute atomic E-state index is 13.3. The molecule has 2 N–H and O–H groups in total. The van der Waals surface area contributed by atoms with Gasteiger partial charge in [-0.25, -0.2) is 4.98 Å². The summed E-state index contributed by atoms with van der Waals surface area (Å²) in [7, 11) is 2.97. The van der Waals surface area contributed by atoms with Gasteiger partial charge in [-0.05, 0) is 36.6 Å². The summed E-state index contributed by atoms with van der Waals surface area (Å²) in [5, 5.41) is 0.113. The van der Waals surface area contributed by atoms with Crippen molar-refractivity contribution in [3.05, 3.63) is 59.3 Å². The molecule has 0 fully saturated rings. The summed E-state index contributed by atoms with van der Waals surface area (Å²) >= 11 is 1.07. The minimum atomic E-state index is -4.57. The van der Waals surface area contributed by atoms with Crippen molar-refractivity contribution < 1.29 is 27.4 Å². The number of nitrogens with zero attached hydrogens (tertiary/aromatic N) is 2. The van der Waals surface area contributed by atoms with Crippen molar-refractivity contribution in [2.24, 2.45) is 0 Å². The smallest absolute Gasteiger partial charge is 0.406 e. The number of amides is 1. The van der Waals surface area contributed by atoms with Crippen molar-refractivity contribution in [3.8, 4) is 21.9 Å². The van der Waals surface area contributed by atoms with Gasteiger partial charge in [0, 0.05) is 6.54 Å². The lowest BCUT2D eigenvalue weighted by Gasteiger charge is -2.24. The summed E-state index contributed by atoms with van der Waals surface area (Å²) in [4.78, 5) is 18.5. The SMILES string of the molecule is COc1ccc(CCN(CC(F)(F)F)C(=O)c2nc(N)sc2-c2cccc(C)c2)cc1OC. The Morgan fingerprint density at radius 3 is 2.48 bits per heavy atom. The lowest BCUT2D eigenvalue weighted by molar-refractivity contribution is -0.140. The number of halogens is 3. The average molecular weight is 480 g/mol. The zero-order valence-corrected chi connectivity index (χ0v) is 19.2. The predicted molar refractivity (Wildman–Crippen MR) is 122 cm³/mol. The average Bonchev–Trinajstić information content (AvgIpc) is 3.16. The second-order valence-electron chi connectivity index (χ2n) is 7.38. The van der Waals surface area contributed by atoms with E-state index in [0.717, 1.165) is 21.8 Å². The number of nitrogen functional groups attached to an aromatic ring is 1. The zero-order valence-electron chi connectivity index (χ0n) is 18.4. The number of alkyl halides is 3. The highest BCUT2D eigenvalue weighted by molar-refractivity contribution is 7.19. The van der Waals surface area contributed by atoms with Gasteiger partial charge in [0.1, 0.15) is 12.2 Å². The third kappa shape index (κ3) is 6.16. The van der Waals surface area contributed by atoms with Crippen LogP contribution in [0.3, 0.4) is 0 Å². The third-order valence-corrected chi connectivity index (χ3v) is 5.84. The number of aryl methyl sites for hydroxylation is 1. The third-order valence-electron chi connectivity index (χ3n) is 4.90. The molecule has 0 radical (unpaired) electrons. The first-order valence-corrected chi connectivity index (χ1v) is 10.8. The van der Waals surface area contributed by atoms with Crippen molar-refractivity contribution in [2.45, 2.75) is 19.5 Å². The molecule has 6 nitrogen and oxygen atoms in total. The molecule has 2 aromatic carbocycles. The summed E-state index contributed by atoms with van der Waals surface area (Å²) in [5.74, 6) is 0.139. The molecule has 33 heavy (non-hydrogen) atoms. The van der Waals surface area contributed by atoms with Crippen LogP contribution < -0.4 is 15.2 Å². The van der Waals surface area contributed by atoms with E-state index in [1.165, 1.54) is 14.2 Å². The van der Waals surface area contributed by atoms with E-state index in [1.54, 1.807) is 30.3 Å². The van der Waals surface area contributed by atoms with Crippen molar-refractivity contribution in [2.75, 3.05) is 33.0 Å². The highest BCUT2D eigenvalue weighted by Gasteiger charge is 2.35. The molecule has 1 heterocycles. The lowest BCUT2D eigenvalue weighted by atomic mass is 10.1. The highest BCUT2D eigenvalue weighted by Crippen LogP contribution is 2.34. The lowest BCUT2D eigenvalue weighted by Crippen LogP contribution is -2.40. The highest BCUT2D eigenvalue weighted by atomic mass is 32.1. The minimum absolute atomic E-state index is 0.0836. The van der Waals surface area contributed by atoms with E-state index in [4.69, 9.17) is 15.2 Å². The van der Waals surface area contributed by atoms with Crippen LogP contribution in [0.15, 0.2) is 42.5 Å². The monoisotopic (exact) mass is 479 g/mol. The predicted octanol–water partition coefficient (Wildman–Crippen LogP) is 4.97. The van der Waals surface area contributed by atoms with Gasteiger partial charge in [-0.2, -0.15) is 13.2 Å². The maximum Gasteiger partial charge on any atom is 0.406 e. The Kier molecular flexibility index (Phi) is 7.47. The first-order valence-electron chi connectivity index (χ1n) is 10.0. The first kappa shape index (κ1) is 24.4. The Morgan fingerprint density at radius 2 is 1.85 bits per heavy atom. The van der Waals surface area contributed by atoms with Gasteiger partial charge in [-0.1, -0.05) is 47.2 Å². The Balaban J connectivity index is 1.90. The Morgan fingerprint density at radius 1 is 1.12 bits per heavy atom. The normalized spacial score (nSPS) is 11.3. The number of carbonyl (C=O) groups is 1. The van der Waals surface area contributed by atoms with Crippen molar-refractivity contribution in [1.29, 1.82) is 0 Å². The quantitative estimate of drug-likeness (QED) is 0.494. The summed E-state index contributed by atoms with van der Waals surface area (Å²) in [6.07, 6.45) is -4.39. The summed E-state index contributed by atoms with van der Waals surface area (Å²) in [6, 6.07) is 12.4. The molecule has 10 heteroatoms. The molecular formula is C23H24F3N3O3S. The number of methoxy groups -OCH3 is 2. The van der Waals surface area contributed by atoms with E-state index < -0.39 is 18.6 Å². The summed E-state index contributed by atoms with van der Waals surface area (Å²) in [6.45, 7) is 0.316. The fraction of sp³-hybridized carbons (Fsp3) is 0.304. The number of carbonyl (C=O) groups excluding carboxylic acids is 1. The van der Waals surface area contributed by atoms with Crippen molar-refractivity contribution in [3.63, 3.8) is 0 Å². The summed E-state index contributed by atoms with van der Waals surface area (Å²) in [5.41, 5.74) is 8.07. The van der Waals surface area contributed by atoms with E-state index >= 15 is 0 Å². The minimum Gasteiger partial charge on any atom is -0.493 e. The molecule has 3 rings (SSSR count). The topological polar surface area (TPSA) is 77.7 Å². The number of thiazole rings is 1. The van der Waals surface area contributed by atoms with Crippen LogP contribution in [0, 0.1) is 6.92 Å². The summed E-state index contributed by atoms with van der Waals surface area (Å²) < 4.78 is 50.4. The molecule has 3 aromatic rings. The van der Waals surface area contributed by atoms with E-state index in [9.17, 15) is 18.0 Å². The van der Waals surface area contributed by atoms with Gasteiger partial charge in [0.05, 0.1) is 19.1 Å². The fourth-order valence-corrected chi connectivity index (χ4v) is 4.20. The van der Waals surface area contributed by atoms with Crippen LogP contribution in [0.5, 0.6) is 11.5 Å². The number of benzene rings is 2. The Bertz CT molecular complexity index is 1130. The van der Waals surface area contributed by atoms with Crippen molar-refractivity contribution in [1.82, 2.24) is 9.88 Å². The Labute approximate surface area is 193 Å². The van der Waals surface area contributed by atoms with Crippen LogP contribution >= 0.6 is 11.3 Å². The molecule has 0 saturated carbocycles. The van der Waals surface area contributed by atoms with E-state index in [-0.39, 0.29) is 23.8 Å². The molecular weight excluding hydrogens is 455 g/mol. The fourth-order valence-electron chi connectivity index (χ4n) is 3.38. The van der Waals surface area contributed by atoms with E-state index in [2.05, 4.69) is 4.98 Å². The molecule has 1 aromatic heterocycles. The molecule has 0 aliphatic heterocycles. The van der Waals surface area contributed by atoms with Crippen LogP contribution in [-0.2, 0) is 6.42 Å². The van der Waals surface area contributed by atoms with E-state index in [1.807, 2.05) is 19.1 Å². The van der Waals surface area contributed by atoms with Crippen molar-refractivity contribution >= 4 is 22.4 Å². The van der Waals surface area contributed by atoms with Crippen LogP contribution in [0.4, 0.5) is 18.3 Å². The number of ether oxygens (including phenoxy) is 2. The number of rotatable bonds is 8. The number of nitrogens with two attached hydrogens (primary N) is 1. The first-order chi connectivity index (χ1) is 15.6. The van der Waals surface area contributed by atoms with Crippen LogP contribution in [0.25, 0.3) is 10.4 Å². The number of aromatic nitrogens is 1. The van der Waals surface area contributed by atoms with Gasteiger partial charge in [-0.3, -0.25) is 4.79 Å². The molecule has 1 amide bonds. The van der Waals surface area contributed by atoms with Gasteiger partial charge in [0.2, 0.25) is 0 Å². The largest absolute Gasteiger partial charge is 0.493 e. The molecule has 0 atom stereocenters. The zero-order chi connectivity index (χ0) is 24.2.